The number of rotatable bonds is 8. The standard InChI is InChI=1S/C26H28N4O6/c1-35-18-9-7-14(13-19(18)36-2)11-12-30-23(32)21-17(8-10-20(27)31)29-26(22(21)24(30)33)15-5-3-4-6-16(15)28-25(26)34/h3-7,9,13,17,21-22,29H,8,10-12H2,1-2H3,(H2,27,31)(H,28,34)/t17-,21+,22-,26+/m0/s1. The summed E-state index contributed by atoms with van der Waals surface area (Å²) in [5.41, 5.74) is 6.10. The average molecular weight is 493 g/mol. The van der Waals surface area contributed by atoms with Gasteiger partial charge in [-0.1, -0.05) is 24.3 Å². The topological polar surface area (TPSA) is 140 Å². The number of likely N-dealkylation sites (tertiary alicyclic amines) is 1. The van der Waals surface area contributed by atoms with Crippen LogP contribution in [0.3, 0.4) is 0 Å². The van der Waals surface area contributed by atoms with E-state index in [0.29, 0.717) is 29.2 Å². The molecule has 4 N–H and O–H groups in total. The van der Waals surface area contributed by atoms with Gasteiger partial charge in [-0.15, -0.1) is 0 Å². The average Bonchev–Trinajstić information content (AvgIpc) is 3.45. The predicted molar refractivity (Wildman–Crippen MR) is 129 cm³/mol. The van der Waals surface area contributed by atoms with Crippen LogP contribution in [0.1, 0.15) is 24.0 Å². The number of anilines is 1. The number of hydrogen-bond acceptors (Lipinski definition) is 7. The van der Waals surface area contributed by atoms with E-state index in [1.807, 2.05) is 12.1 Å². The van der Waals surface area contributed by atoms with Crippen molar-refractivity contribution in [2.75, 3.05) is 26.1 Å². The van der Waals surface area contributed by atoms with Crippen LogP contribution in [-0.2, 0) is 31.1 Å². The van der Waals surface area contributed by atoms with Gasteiger partial charge in [-0.05, 0) is 36.6 Å². The zero-order valence-corrected chi connectivity index (χ0v) is 20.1. The minimum absolute atomic E-state index is 0.0351. The Balaban J connectivity index is 1.46. The van der Waals surface area contributed by atoms with Gasteiger partial charge in [0, 0.05) is 30.3 Å². The van der Waals surface area contributed by atoms with Crippen molar-refractivity contribution in [1.29, 1.82) is 0 Å². The number of nitrogens with two attached hydrogens (primary N) is 1. The minimum Gasteiger partial charge on any atom is -0.493 e. The van der Waals surface area contributed by atoms with E-state index >= 15 is 0 Å². The molecule has 0 radical (unpaired) electrons. The second-order valence-corrected chi connectivity index (χ2v) is 9.33. The van der Waals surface area contributed by atoms with E-state index in [4.69, 9.17) is 15.2 Å². The number of carbonyl (C=O) groups is 4. The predicted octanol–water partition coefficient (Wildman–Crippen LogP) is 0.932. The van der Waals surface area contributed by atoms with Gasteiger partial charge < -0.3 is 20.5 Å². The molecule has 0 aliphatic carbocycles. The van der Waals surface area contributed by atoms with E-state index in [1.165, 1.54) is 4.90 Å². The Bertz CT molecular complexity index is 1260. The van der Waals surface area contributed by atoms with E-state index in [-0.39, 0.29) is 31.2 Å². The number of imide groups is 1. The van der Waals surface area contributed by atoms with Crippen LogP contribution >= 0.6 is 0 Å². The van der Waals surface area contributed by atoms with Gasteiger partial charge in [0.1, 0.15) is 5.54 Å². The van der Waals surface area contributed by atoms with E-state index in [2.05, 4.69) is 10.6 Å². The molecule has 4 amide bonds. The van der Waals surface area contributed by atoms with Crippen molar-refractivity contribution >= 4 is 29.3 Å². The van der Waals surface area contributed by atoms with Crippen LogP contribution in [0, 0.1) is 11.8 Å². The number of methoxy groups -OCH3 is 2. The first-order chi connectivity index (χ1) is 17.3. The van der Waals surface area contributed by atoms with Crippen molar-refractivity contribution in [3.8, 4) is 11.5 Å². The van der Waals surface area contributed by atoms with Crippen LogP contribution in [-0.4, -0.2) is 55.3 Å². The summed E-state index contributed by atoms with van der Waals surface area (Å²) in [6.07, 6.45) is 0.690. The van der Waals surface area contributed by atoms with Crippen LogP contribution in [0.5, 0.6) is 11.5 Å². The Kier molecular flexibility index (Phi) is 5.91. The maximum Gasteiger partial charge on any atom is 0.250 e. The fourth-order valence-corrected chi connectivity index (χ4v) is 5.86. The molecule has 0 unspecified atom stereocenters. The summed E-state index contributed by atoms with van der Waals surface area (Å²) < 4.78 is 10.6. The Morgan fingerprint density at radius 1 is 1.06 bits per heavy atom. The van der Waals surface area contributed by atoms with Crippen LogP contribution < -0.4 is 25.8 Å². The molecule has 0 aromatic heterocycles. The Hall–Kier alpha value is -3.92. The third-order valence-electron chi connectivity index (χ3n) is 7.49. The Morgan fingerprint density at radius 3 is 2.53 bits per heavy atom. The third kappa shape index (κ3) is 3.51. The zero-order chi connectivity index (χ0) is 25.6. The lowest BCUT2D eigenvalue weighted by Crippen LogP contribution is -2.53. The van der Waals surface area contributed by atoms with Gasteiger partial charge in [0.2, 0.25) is 23.6 Å². The number of ether oxygens (including phenoxy) is 2. The van der Waals surface area contributed by atoms with Gasteiger partial charge in [0.05, 0.1) is 26.1 Å². The molecule has 188 valence electrons. The maximum absolute atomic E-state index is 13.8. The first-order valence-corrected chi connectivity index (χ1v) is 11.8. The lowest BCUT2D eigenvalue weighted by Gasteiger charge is -2.29. The quantitative estimate of drug-likeness (QED) is 0.466. The monoisotopic (exact) mass is 492 g/mol. The molecule has 2 fully saturated rings. The van der Waals surface area contributed by atoms with Gasteiger partial charge in [0.25, 0.3) is 0 Å². The number of nitrogens with one attached hydrogen (secondary N) is 2. The Labute approximate surface area is 208 Å². The number of benzene rings is 2. The zero-order valence-electron chi connectivity index (χ0n) is 20.1. The molecule has 36 heavy (non-hydrogen) atoms. The maximum atomic E-state index is 13.8. The van der Waals surface area contributed by atoms with Gasteiger partial charge in [-0.2, -0.15) is 0 Å². The number of amides is 4. The summed E-state index contributed by atoms with van der Waals surface area (Å²) in [6, 6.07) is 12.0. The fraction of sp³-hybridized carbons (Fsp3) is 0.385. The van der Waals surface area contributed by atoms with Gasteiger partial charge in [0.15, 0.2) is 11.5 Å². The van der Waals surface area contributed by atoms with E-state index < -0.39 is 35.2 Å². The lowest BCUT2D eigenvalue weighted by molar-refractivity contribution is -0.142. The van der Waals surface area contributed by atoms with Crippen molar-refractivity contribution in [3.63, 3.8) is 0 Å². The van der Waals surface area contributed by atoms with Crippen molar-refractivity contribution in [2.24, 2.45) is 17.6 Å². The molecule has 0 saturated carbocycles. The second kappa shape index (κ2) is 8.94. The van der Waals surface area contributed by atoms with Crippen LogP contribution in [0.2, 0.25) is 0 Å². The lowest BCUT2D eigenvalue weighted by atomic mass is 9.76. The SMILES string of the molecule is COc1ccc(CCN2C(=O)[C@@H]3[C@H](CCC(N)=O)N[C@@]4(C(=O)Nc5ccccc54)[C@@H]3C2=O)cc1OC. The van der Waals surface area contributed by atoms with E-state index in [1.54, 1.807) is 44.6 Å². The summed E-state index contributed by atoms with van der Waals surface area (Å²) >= 11 is 0. The van der Waals surface area contributed by atoms with Crippen LogP contribution in [0.4, 0.5) is 5.69 Å². The molecule has 5 rings (SSSR count). The number of primary amides is 1. The van der Waals surface area contributed by atoms with Gasteiger partial charge in [-0.25, -0.2) is 0 Å². The first kappa shape index (κ1) is 23.8. The Morgan fingerprint density at radius 2 is 1.81 bits per heavy atom. The van der Waals surface area contributed by atoms with Gasteiger partial charge in [-0.3, -0.25) is 29.4 Å². The summed E-state index contributed by atoms with van der Waals surface area (Å²) in [5.74, 6) is -2.18. The van der Waals surface area contributed by atoms with E-state index in [0.717, 1.165) is 5.56 Å². The van der Waals surface area contributed by atoms with Crippen molar-refractivity contribution in [2.45, 2.75) is 30.8 Å². The number of carbonyl (C=O) groups excluding carboxylic acids is 4. The molecule has 0 bridgehead atoms. The largest absolute Gasteiger partial charge is 0.493 e. The smallest absolute Gasteiger partial charge is 0.250 e. The molecule has 4 atom stereocenters. The van der Waals surface area contributed by atoms with Crippen LogP contribution in [0.25, 0.3) is 0 Å². The van der Waals surface area contributed by atoms with Gasteiger partial charge >= 0.3 is 0 Å². The van der Waals surface area contributed by atoms with Crippen molar-refractivity contribution < 1.29 is 28.7 Å². The summed E-state index contributed by atoms with van der Waals surface area (Å²) in [5, 5.41) is 6.15. The minimum atomic E-state index is -1.38. The summed E-state index contributed by atoms with van der Waals surface area (Å²) in [4.78, 5) is 53.6. The molecular weight excluding hydrogens is 464 g/mol. The molecule has 2 saturated heterocycles. The molecule has 3 aliphatic heterocycles. The molecule has 3 heterocycles. The number of fused-ring (bicyclic) bond motifs is 4. The molecule has 2 aromatic carbocycles. The second-order valence-electron chi connectivity index (χ2n) is 9.33. The van der Waals surface area contributed by atoms with Crippen molar-refractivity contribution in [1.82, 2.24) is 10.2 Å². The molecule has 2 aromatic rings. The van der Waals surface area contributed by atoms with Crippen molar-refractivity contribution in [3.05, 3.63) is 53.6 Å². The summed E-state index contributed by atoms with van der Waals surface area (Å²) in [7, 11) is 3.09. The number of hydrogen-bond donors (Lipinski definition) is 3. The summed E-state index contributed by atoms with van der Waals surface area (Å²) in [6.45, 7) is 0.155. The highest BCUT2D eigenvalue weighted by Gasteiger charge is 2.70. The molecular formula is C26H28N4O6. The molecule has 10 heteroatoms. The molecule has 1 spiro atoms. The normalized spacial score (nSPS) is 26.2. The third-order valence-corrected chi connectivity index (χ3v) is 7.49. The van der Waals surface area contributed by atoms with Crippen LogP contribution in [0.15, 0.2) is 42.5 Å². The number of para-hydroxylation sites is 1. The fourth-order valence-electron chi connectivity index (χ4n) is 5.86. The van der Waals surface area contributed by atoms with E-state index in [9.17, 15) is 19.2 Å². The highest BCUT2D eigenvalue weighted by molar-refractivity contribution is 6.15. The molecule has 3 aliphatic rings. The number of nitrogens with zero attached hydrogens (tertiary/aromatic N) is 1. The highest BCUT2D eigenvalue weighted by Crippen LogP contribution is 2.53. The highest BCUT2D eigenvalue weighted by atomic mass is 16.5. The molecule has 10 nitrogen and oxygen atoms in total. The first-order valence-electron chi connectivity index (χ1n) is 11.8.